The van der Waals surface area contributed by atoms with Crippen molar-refractivity contribution in [3.05, 3.63) is 51.9 Å². The minimum absolute atomic E-state index is 0.0837. The van der Waals surface area contributed by atoms with E-state index in [1.54, 1.807) is 13.2 Å². The Labute approximate surface area is 142 Å². The van der Waals surface area contributed by atoms with Crippen molar-refractivity contribution in [3.8, 4) is 5.75 Å². The zero-order chi connectivity index (χ0) is 16.9. The molecule has 0 radical (unpaired) electrons. The van der Waals surface area contributed by atoms with Gasteiger partial charge in [0.05, 0.1) is 12.8 Å². The Kier molecular flexibility index (Phi) is 5.15. The van der Waals surface area contributed by atoms with Crippen LogP contribution in [0.4, 0.5) is 5.95 Å². The van der Waals surface area contributed by atoms with Crippen molar-refractivity contribution in [3.63, 3.8) is 0 Å². The molecule has 1 N–H and O–H groups in total. The van der Waals surface area contributed by atoms with Crippen molar-refractivity contribution in [2.24, 2.45) is 0 Å². The van der Waals surface area contributed by atoms with Gasteiger partial charge >= 0.3 is 0 Å². The Morgan fingerprint density at radius 3 is 2.71 bits per heavy atom. The van der Waals surface area contributed by atoms with E-state index in [1.165, 1.54) is 5.56 Å². The number of anilines is 1. The van der Waals surface area contributed by atoms with Crippen molar-refractivity contribution < 1.29 is 4.74 Å². The van der Waals surface area contributed by atoms with Crippen LogP contribution in [0.15, 0.2) is 35.1 Å². The van der Waals surface area contributed by atoms with Crippen LogP contribution in [0.1, 0.15) is 11.3 Å². The third-order valence-electron chi connectivity index (χ3n) is 4.39. The molecular formula is C18H24N4O2. The van der Waals surface area contributed by atoms with E-state index in [2.05, 4.69) is 32.9 Å². The zero-order valence-electron chi connectivity index (χ0n) is 14.3. The van der Waals surface area contributed by atoms with Crippen LogP contribution >= 0.6 is 0 Å². The van der Waals surface area contributed by atoms with E-state index in [1.807, 2.05) is 18.2 Å². The van der Waals surface area contributed by atoms with Gasteiger partial charge in [0.15, 0.2) is 0 Å². The fourth-order valence-electron chi connectivity index (χ4n) is 2.89. The lowest BCUT2D eigenvalue weighted by Gasteiger charge is -2.32. The SMILES string of the molecule is COc1cccc(CCc2cc(=O)[nH]c(N3CCN(C)CC3)n2)c1. The molecule has 0 saturated carbocycles. The minimum Gasteiger partial charge on any atom is -0.497 e. The Hall–Kier alpha value is -2.34. The molecule has 3 rings (SSSR count). The van der Waals surface area contributed by atoms with Gasteiger partial charge in [-0.25, -0.2) is 4.98 Å². The summed E-state index contributed by atoms with van der Waals surface area (Å²) in [6, 6.07) is 9.60. The molecule has 0 bridgehead atoms. The number of ether oxygens (including phenoxy) is 1. The van der Waals surface area contributed by atoms with E-state index in [9.17, 15) is 4.79 Å². The average molecular weight is 328 g/mol. The quantitative estimate of drug-likeness (QED) is 0.897. The number of piperazine rings is 1. The molecular weight excluding hydrogens is 304 g/mol. The monoisotopic (exact) mass is 328 g/mol. The van der Waals surface area contributed by atoms with Crippen molar-refractivity contribution >= 4 is 5.95 Å². The zero-order valence-corrected chi connectivity index (χ0v) is 14.3. The second-order valence-electron chi connectivity index (χ2n) is 6.20. The summed E-state index contributed by atoms with van der Waals surface area (Å²) in [4.78, 5) is 23.9. The summed E-state index contributed by atoms with van der Waals surface area (Å²) >= 11 is 0. The largest absolute Gasteiger partial charge is 0.497 e. The number of H-pyrrole nitrogens is 1. The fraction of sp³-hybridized carbons (Fsp3) is 0.444. The number of nitrogens with zero attached hydrogens (tertiary/aromatic N) is 3. The summed E-state index contributed by atoms with van der Waals surface area (Å²) in [5.74, 6) is 1.54. The molecule has 1 aromatic carbocycles. The molecule has 1 aliphatic rings. The molecule has 24 heavy (non-hydrogen) atoms. The van der Waals surface area contributed by atoms with Crippen LogP contribution < -0.4 is 15.2 Å². The Morgan fingerprint density at radius 1 is 1.17 bits per heavy atom. The maximum atomic E-state index is 12.0. The van der Waals surface area contributed by atoms with Crippen molar-refractivity contribution in [1.82, 2.24) is 14.9 Å². The topological polar surface area (TPSA) is 61.5 Å². The van der Waals surface area contributed by atoms with Gasteiger partial charge in [0.1, 0.15) is 5.75 Å². The van der Waals surface area contributed by atoms with Gasteiger partial charge in [0.2, 0.25) is 5.95 Å². The summed E-state index contributed by atoms with van der Waals surface area (Å²) in [7, 11) is 3.78. The van der Waals surface area contributed by atoms with E-state index >= 15 is 0 Å². The van der Waals surface area contributed by atoms with Gasteiger partial charge in [-0.05, 0) is 37.6 Å². The van der Waals surface area contributed by atoms with Crippen LogP contribution in [0.3, 0.4) is 0 Å². The molecule has 0 spiro atoms. The van der Waals surface area contributed by atoms with Crippen LogP contribution in [0.5, 0.6) is 5.75 Å². The fourth-order valence-corrected chi connectivity index (χ4v) is 2.89. The standard InChI is InChI=1S/C18H24N4O2/c1-21-8-10-22(11-9-21)18-19-15(13-17(23)20-18)7-6-14-4-3-5-16(12-14)24-2/h3-5,12-13H,6-11H2,1-2H3,(H,19,20,23). The highest BCUT2D eigenvalue weighted by Gasteiger charge is 2.16. The van der Waals surface area contributed by atoms with Crippen molar-refractivity contribution in [2.45, 2.75) is 12.8 Å². The summed E-state index contributed by atoms with van der Waals surface area (Å²) in [5, 5.41) is 0. The lowest BCUT2D eigenvalue weighted by Crippen LogP contribution is -2.45. The number of methoxy groups -OCH3 is 1. The highest BCUT2D eigenvalue weighted by atomic mass is 16.5. The van der Waals surface area contributed by atoms with E-state index in [0.29, 0.717) is 5.95 Å². The van der Waals surface area contributed by atoms with Gasteiger partial charge in [-0.1, -0.05) is 12.1 Å². The van der Waals surface area contributed by atoms with Crippen LogP contribution in [-0.2, 0) is 12.8 Å². The van der Waals surface area contributed by atoms with Gasteiger partial charge in [0, 0.05) is 32.2 Å². The maximum absolute atomic E-state index is 12.0. The average Bonchev–Trinajstić information content (AvgIpc) is 2.60. The molecule has 6 nitrogen and oxygen atoms in total. The molecule has 1 fully saturated rings. The molecule has 0 amide bonds. The van der Waals surface area contributed by atoms with Gasteiger partial charge in [-0.3, -0.25) is 9.78 Å². The minimum atomic E-state index is -0.0837. The number of rotatable bonds is 5. The Bertz CT molecular complexity index is 736. The lowest BCUT2D eigenvalue weighted by atomic mass is 10.1. The predicted octanol–water partition coefficient (Wildman–Crippen LogP) is 1.32. The second-order valence-corrected chi connectivity index (χ2v) is 6.20. The number of aryl methyl sites for hydroxylation is 2. The molecule has 2 aromatic rings. The van der Waals surface area contributed by atoms with E-state index in [0.717, 1.165) is 50.5 Å². The molecule has 0 aliphatic carbocycles. The third kappa shape index (κ3) is 4.14. The number of nitrogens with one attached hydrogen (secondary N) is 1. The van der Waals surface area contributed by atoms with Crippen molar-refractivity contribution in [1.29, 1.82) is 0 Å². The number of benzene rings is 1. The second kappa shape index (κ2) is 7.49. The van der Waals surface area contributed by atoms with Crippen LogP contribution in [0.2, 0.25) is 0 Å². The highest BCUT2D eigenvalue weighted by molar-refractivity contribution is 5.32. The molecule has 6 heteroatoms. The first kappa shape index (κ1) is 16.5. The van der Waals surface area contributed by atoms with E-state index < -0.39 is 0 Å². The van der Waals surface area contributed by atoms with Crippen LogP contribution in [0, 0.1) is 0 Å². The molecule has 1 aromatic heterocycles. The smallest absolute Gasteiger partial charge is 0.252 e. The summed E-state index contributed by atoms with van der Waals surface area (Å²) < 4.78 is 5.25. The number of aromatic nitrogens is 2. The lowest BCUT2D eigenvalue weighted by molar-refractivity contribution is 0.311. The van der Waals surface area contributed by atoms with Gasteiger partial charge < -0.3 is 14.5 Å². The molecule has 0 unspecified atom stereocenters. The van der Waals surface area contributed by atoms with Crippen molar-refractivity contribution in [2.75, 3.05) is 45.2 Å². The summed E-state index contributed by atoms with van der Waals surface area (Å²) in [5.41, 5.74) is 1.92. The number of hydrogen-bond acceptors (Lipinski definition) is 5. The number of hydrogen-bond donors (Lipinski definition) is 1. The Balaban J connectivity index is 1.70. The van der Waals surface area contributed by atoms with Crippen LogP contribution in [-0.4, -0.2) is 55.2 Å². The number of likely N-dealkylation sites (N-methyl/N-ethyl adjacent to an activating group) is 1. The molecule has 1 aliphatic heterocycles. The first-order valence-electron chi connectivity index (χ1n) is 8.31. The molecule has 0 atom stereocenters. The van der Waals surface area contributed by atoms with Gasteiger partial charge in [0.25, 0.3) is 5.56 Å². The van der Waals surface area contributed by atoms with Gasteiger partial charge in [-0.2, -0.15) is 0 Å². The normalized spacial score (nSPS) is 15.5. The van der Waals surface area contributed by atoms with Crippen LogP contribution in [0.25, 0.3) is 0 Å². The first-order valence-corrected chi connectivity index (χ1v) is 8.31. The summed E-state index contributed by atoms with van der Waals surface area (Å²) in [6.45, 7) is 3.74. The molecule has 1 saturated heterocycles. The highest BCUT2D eigenvalue weighted by Crippen LogP contribution is 2.15. The number of aromatic amines is 1. The molecule has 2 heterocycles. The summed E-state index contributed by atoms with van der Waals surface area (Å²) in [6.07, 6.45) is 1.56. The third-order valence-corrected chi connectivity index (χ3v) is 4.39. The first-order chi connectivity index (χ1) is 11.6. The van der Waals surface area contributed by atoms with E-state index in [4.69, 9.17) is 4.74 Å². The van der Waals surface area contributed by atoms with E-state index in [-0.39, 0.29) is 5.56 Å². The molecule has 128 valence electrons. The predicted molar refractivity (Wildman–Crippen MR) is 95.0 cm³/mol. The maximum Gasteiger partial charge on any atom is 0.252 e. The Morgan fingerprint density at radius 2 is 1.96 bits per heavy atom. The van der Waals surface area contributed by atoms with Gasteiger partial charge in [-0.15, -0.1) is 0 Å².